The van der Waals surface area contributed by atoms with E-state index >= 15 is 0 Å². The molecule has 0 aromatic carbocycles. The van der Waals surface area contributed by atoms with Gasteiger partial charge in [-0.15, -0.1) is 0 Å². The zero-order valence-corrected chi connectivity index (χ0v) is 8.51. The van der Waals surface area contributed by atoms with Crippen LogP contribution in [0.5, 0.6) is 0 Å². The summed E-state index contributed by atoms with van der Waals surface area (Å²) in [6.45, 7) is 1.93. The molecule has 1 nitrogen and oxygen atoms in total. The largest absolute Gasteiger partial charge is 0.397 e. The monoisotopic (exact) mass is 189 g/mol. The van der Waals surface area contributed by atoms with Crippen molar-refractivity contribution in [3.05, 3.63) is 0 Å². The Balaban J connectivity index is -0.0000000200. The summed E-state index contributed by atoms with van der Waals surface area (Å²) in [6, 6.07) is 0. The van der Waals surface area contributed by atoms with Crippen molar-refractivity contribution in [2.45, 2.75) is 6.92 Å². The summed E-state index contributed by atoms with van der Waals surface area (Å²) in [7, 11) is 0. The minimum Gasteiger partial charge on any atom is -0.397 e. The van der Waals surface area contributed by atoms with Crippen LogP contribution in [0.25, 0.3) is 0 Å². The summed E-state index contributed by atoms with van der Waals surface area (Å²) in [5.74, 6) is 0. The van der Waals surface area contributed by atoms with Crippen molar-refractivity contribution in [1.82, 2.24) is 0 Å². The minimum absolute atomic E-state index is 0. The van der Waals surface area contributed by atoms with Gasteiger partial charge in [-0.1, -0.05) is 0 Å². The van der Waals surface area contributed by atoms with Crippen molar-refractivity contribution in [3.63, 3.8) is 0 Å². The van der Waals surface area contributed by atoms with E-state index < -0.39 is 0 Å². The zero-order valence-electron chi connectivity index (χ0n) is 3.65. The van der Waals surface area contributed by atoms with Crippen molar-refractivity contribution in [1.29, 1.82) is 0 Å². The third-order valence-electron chi connectivity index (χ3n) is 0. The summed E-state index contributed by atoms with van der Waals surface area (Å²) in [6.07, 6.45) is 0. The molecule has 0 heterocycles. The van der Waals surface area contributed by atoms with Crippen LogP contribution in [0.3, 0.4) is 0 Å². The third kappa shape index (κ3) is 26.3. The molecule has 5 radical (unpaired) electrons. The van der Waals surface area contributed by atoms with Crippen LogP contribution in [-0.2, 0) is 0 Å². The average molecular weight is 188 g/mol. The quantitative estimate of drug-likeness (QED) is 0.495. The maximum absolute atomic E-state index is 7.57. The molecule has 0 fully saturated rings. The van der Waals surface area contributed by atoms with E-state index in [0.717, 1.165) is 0 Å². The van der Waals surface area contributed by atoms with Crippen LogP contribution in [-0.4, -0.2) is 65.2 Å². The third-order valence-corrected chi connectivity index (χ3v) is 0. The second-order valence-electron chi connectivity index (χ2n) is 0.316. The van der Waals surface area contributed by atoms with Crippen molar-refractivity contribution in [3.8, 4) is 0 Å². The van der Waals surface area contributed by atoms with Gasteiger partial charge in [-0.25, -0.2) is 0 Å². The summed E-state index contributed by atoms with van der Waals surface area (Å²) in [5, 5.41) is 7.57. The molecule has 0 aliphatic carbocycles. The molecule has 1 N–H and O–H groups in total. The molecule has 0 aliphatic heterocycles. The molecule has 25 valence electrons. The van der Waals surface area contributed by atoms with E-state index in [-0.39, 0.29) is 60.1 Å². The van der Waals surface area contributed by atoms with E-state index in [4.69, 9.17) is 5.11 Å². The zero-order chi connectivity index (χ0) is 2.71. The molecule has 0 rings (SSSR count). The van der Waals surface area contributed by atoms with Crippen molar-refractivity contribution >= 4 is 53.5 Å². The van der Waals surface area contributed by atoms with E-state index in [9.17, 15) is 0 Å². The summed E-state index contributed by atoms with van der Waals surface area (Å²) >= 11 is 0. The molecule has 0 aromatic rings. The Morgan fingerprint density at radius 3 is 1.60 bits per heavy atom. The number of aliphatic hydroxyl groups is 1. The molecule has 0 amide bonds. The normalized spacial score (nSPS) is 3.60. The standard InChI is InChI=1S/C2H6O.Na.Sn/c1-2-3;;/h3H,2H2,1H3;;. The Labute approximate surface area is 71.4 Å². The summed E-state index contributed by atoms with van der Waals surface area (Å²) in [4.78, 5) is 0. The predicted molar refractivity (Wildman–Crippen MR) is 24.3 cm³/mol. The van der Waals surface area contributed by atoms with Gasteiger partial charge < -0.3 is 5.11 Å². The first-order valence-electron chi connectivity index (χ1n) is 1.02. The van der Waals surface area contributed by atoms with E-state index in [0.29, 0.717) is 0 Å². The van der Waals surface area contributed by atoms with Crippen molar-refractivity contribution in [2.24, 2.45) is 0 Å². The number of hydrogen-bond acceptors (Lipinski definition) is 1. The fraction of sp³-hybridized carbons (Fsp3) is 1.00. The minimum atomic E-state index is 0. The van der Waals surface area contributed by atoms with Gasteiger partial charge in [0.1, 0.15) is 0 Å². The van der Waals surface area contributed by atoms with Crippen molar-refractivity contribution in [2.75, 3.05) is 6.61 Å². The first-order valence-corrected chi connectivity index (χ1v) is 1.02. The van der Waals surface area contributed by atoms with Gasteiger partial charge in [-0.05, 0) is 6.92 Å². The van der Waals surface area contributed by atoms with Crippen LogP contribution in [0.4, 0.5) is 0 Å². The topological polar surface area (TPSA) is 20.2 Å². The second-order valence-corrected chi connectivity index (χ2v) is 0.316. The molecule has 0 saturated carbocycles. The van der Waals surface area contributed by atoms with E-state index in [1.165, 1.54) is 0 Å². The Kier molecular flexibility index (Phi) is 54.4. The molecule has 0 atom stereocenters. The Morgan fingerprint density at radius 1 is 1.60 bits per heavy atom. The predicted octanol–water partition coefficient (Wildman–Crippen LogP) is -0.763. The number of aliphatic hydroxyl groups excluding tert-OH is 1. The smallest absolute Gasteiger partial charge is 0.0402 e. The van der Waals surface area contributed by atoms with Crippen LogP contribution < -0.4 is 0 Å². The molecule has 0 spiro atoms. The molecular formula is C2H6NaOSn. The van der Waals surface area contributed by atoms with Crippen LogP contribution in [0, 0.1) is 0 Å². The van der Waals surface area contributed by atoms with Crippen LogP contribution in [0.2, 0.25) is 0 Å². The van der Waals surface area contributed by atoms with E-state index in [1.807, 2.05) is 0 Å². The van der Waals surface area contributed by atoms with Gasteiger partial charge >= 0.3 is 0 Å². The average Bonchev–Trinajstić information content (AvgIpc) is 0.918. The Bertz CT molecular complexity index is 9.61. The van der Waals surface area contributed by atoms with Gasteiger partial charge in [0, 0.05) is 60.1 Å². The first kappa shape index (κ1) is 15.9. The SMILES string of the molecule is CCO.[Na].[Sn]. The molecule has 0 aromatic heterocycles. The fourth-order valence-electron chi connectivity index (χ4n) is 0. The number of rotatable bonds is 0. The second kappa shape index (κ2) is 17.1. The fourth-order valence-corrected chi connectivity index (χ4v) is 0. The molecule has 0 bridgehead atoms. The molecule has 3 heteroatoms. The summed E-state index contributed by atoms with van der Waals surface area (Å²) < 4.78 is 0. The van der Waals surface area contributed by atoms with Gasteiger partial charge in [-0.2, -0.15) is 0 Å². The summed E-state index contributed by atoms with van der Waals surface area (Å²) in [5.41, 5.74) is 0. The van der Waals surface area contributed by atoms with E-state index in [2.05, 4.69) is 0 Å². The van der Waals surface area contributed by atoms with Gasteiger partial charge in [0.25, 0.3) is 0 Å². The van der Waals surface area contributed by atoms with Gasteiger partial charge in [-0.3, -0.25) is 0 Å². The first-order chi connectivity index (χ1) is 1.41. The maximum Gasteiger partial charge on any atom is 0.0402 e. The molecule has 0 aliphatic rings. The van der Waals surface area contributed by atoms with Crippen LogP contribution in [0.1, 0.15) is 6.92 Å². The molecule has 0 unspecified atom stereocenters. The van der Waals surface area contributed by atoms with Gasteiger partial charge in [0.2, 0.25) is 0 Å². The van der Waals surface area contributed by atoms with E-state index in [1.54, 1.807) is 6.92 Å². The number of hydrogen-bond donors (Lipinski definition) is 1. The van der Waals surface area contributed by atoms with Crippen LogP contribution >= 0.6 is 0 Å². The maximum atomic E-state index is 7.57. The van der Waals surface area contributed by atoms with Gasteiger partial charge in [0.15, 0.2) is 0 Å². The molecule has 5 heavy (non-hydrogen) atoms. The van der Waals surface area contributed by atoms with Crippen molar-refractivity contribution < 1.29 is 5.11 Å². The Morgan fingerprint density at radius 2 is 1.60 bits per heavy atom. The molecular weight excluding hydrogens is 182 g/mol. The van der Waals surface area contributed by atoms with Crippen LogP contribution in [0.15, 0.2) is 0 Å². The molecule has 0 saturated heterocycles. The Hall–Kier alpha value is 1.76. The van der Waals surface area contributed by atoms with Gasteiger partial charge in [0.05, 0.1) is 0 Å².